The van der Waals surface area contributed by atoms with E-state index in [1.807, 2.05) is 13.0 Å². The Morgan fingerprint density at radius 3 is 2.85 bits per heavy atom. The molecule has 0 radical (unpaired) electrons. The molecule has 20 heavy (non-hydrogen) atoms. The number of nitrogens with one attached hydrogen (secondary N) is 1. The molecule has 2 aromatic rings. The summed E-state index contributed by atoms with van der Waals surface area (Å²) in [7, 11) is 0. The minimum absolute atomic E-state index is 0.0262. The first kappa shape index (κ1) is 14.0. The van der Waals surface area contributed by atoms with Crippen LogP contribution in [0.15, 0.2) is 42.7 Å². The predicted octanol–water partition coefficient (Wildman–Crippen LogP) is 2.01. The zero-order valence-electron chi connectivity index (χ0n) is 11.1. The second-order valence-electron chi connectivity index (χ2n) is 4.58. The number of carbonyl (C=O) groups is 1. The van der Waals surface area contributed by atoms with Gasteiger partial charge in [-0.25, -0.2) is 0 Å². The molecule has 0 spiro atoms. The molecule has 0 amide bonds. The Labute approximate surface area is 116 Å². The molecule has 1 aromatic heterocycles. The molecule has 0 saturated heterocycles. The quantitative estimate of drug-likeness (QED) is 0.775. The monoisotopic (exact) mass is 272 g/mol. The van der Waals surface area contributed by atoms with E-state index in [-0.39, 0.29) is 5.75 Å². The van der Waals surface area contributed by atoms with E-state index in [4.69, 9.17) is 0 Å². The smallest absolute Gasteiger partial charge is 0.325 e. The Morgan fingerprint density at radius 2 is 2.20 bits per heavy atom. The van der Waals surface area contributed by atoms with Gasteiger partial charge >= 0.3 is 5.97 Å². The summed E-state index contributed by atoms with van der Waals surface area (Å²) in [4.78, 5) is 15.4. The molecular formula is C15H16N2O3. The predicted molar refractivity (Wildman–Crippen MR) is 74.3 cm³/mol. The maximum atomic E-state index is 11.4. The van der Waals surface area contributed by atoms with Crippen LogP contribution >= 0.6 is 0 Å². The number of carboxylic acids is 1. The molecule has 5 heteroatoms. The molecule has 0 aliphatic heterocycles. The maximum absolute atomic E-state index is 11.4. The Hall–Kier alpha value is -2.40. The number of carboxylic acid groups (broad SMARTS) is 1. The number of pyridine rings is 1. The van der Waals surface area contributed by atoms with Crippen LogP contribution in [0.4, 0.5) is 0 Å². The zero-order valence-corrected chi connectivity index (χ0v) is 11.1. The SMILES string of the molecule is Cc1ccc(O)c(C(NCc2cccnc2)C(=O)O)c1. The summed E-state index contributed by atoms with van der Waals surface area (Å²) < 4.78 is 0. The number of hydrogen-bond acceptors (Lipinski definition) is 4. The molecule has 1 atom stereocenters. The molecule has 1 unspecified atom stereocenters. The summed E-state index contributed by atoms with van der Waals surface area (Å²) in [5.74, 6) is -1.06. The van der Waals surface area contributed by atoms with Crippen molar-refractivity contribution >= 4 is 5.97 Å². The van der Waals surface area contributed by atoms with Gasteiger partial charge in [0, 0.05) is 24.5 Å². The lowest BCUT2D eigenvalue weighted by Crippen LogP contribution is -2.28. The molecule has 104 valence electrons. The first-order valence-corrected chi connectivity index (χ1v) is 6.22. The topological polar surface area (TPSA) is 82.5 Å². The maximum Gasteiger partial charge on any atom is 0.325 e. The molecule has 1 aromatic carbocycles. The van der Waals surface area contributed by atoms with E-state index in [0.29, 0.717) is 12.1 Å². The number of aromatic hydroxyl groups is 1. The molecule has 0 aliphatic carbocycles. The highest BCUT2D eigenvalue weighted by atomic mass is 16.4. The van der Waals surface area contributed by atoms with Gasteiger partial charge in [0.1, 0.15) is 11.8 Å². The fourth-order valence-electron chi connectivity index (χ4n) is 1.96. The average Bonchev–Trinajstić information content (AvgIpc) is 2.43. The van der Waals surface area contributed by atoms with Gasteiger partial charge in [-0.1, -0.05) is 23.8 Å². The molecule has 0 saturated carbocycles. The Balaban J connectivity index is 2.19. The van der Waals surface area contributed by atoms with Gasteiger partial charge in [0.05, 0.1) is 0 Å². The van der Waals surface area contributed by atoms with Crippen molar-refractivity contribution in [1.29, 1.82) is 0 Å². The first-order chi connectivity index (χ1) is 9.58. The Morgan fingerprint density at radius 1 is 1.40 bits per heavy atom. The summed E-state index contributed by atoms with van der Waals surface area (Å²) in [6.45, 7) is 2.21. The van der Waals surface area contributed by atoms with Crippen molar-refractivity contribution in [2.75, 3.05) is 0 Å². The minimum atomic E-state index is -1.03. The van der Waals surface area contributed by atoms with Crippen LogP contribution in [0, 0.1) is 6.92 Å². The summed E-state index contributed by atoms with van der Waals surface area (Å²) in [6.07, 6.45) is 3.33. The number of rotatable bonds is 5. The van der Waals surface area contributed by atoms with Crippen LogP contribution in [0.25, 0.3) is 0 Å². The third-order valence-corrected chi connectivity index (χ3v) is 2.97. The summed E-state index contributed by atoms with van der Waals surface area (Å²) in [5.41, 5.74) is 2.14. The van der Waals surface area contributed by atoms with E-state index in [2.05, 4.69) is 10.3 Å². The third kappa shape index (κ3) is 3.33. The van der Waals surface area contributed by atoms with Crippen molar-refractivity contribution in [1.82, 2.24) is 10.3 Å². The lowest BCUT2D eigenvalue weighted by molar-refractivity contribution is -0.139. The standard InChI is InChI=1S/C15H16N2O3/c1-10-4-5-13(18)12(7-10)14(15(19)20)17-9-11-3-2-6-16-8-11/h2-8,14,17-18H,9H2,1H3,(H,19,20). The van der Waals surface area contributed by atoms with Crippen LogP contribution in [-0.2, 0) is 11.3 Å². The van der Waals surface area contributed by atoms with Crippen LogP contribution in [0.2, 0.25) is 0 Å². The van der Waals surface area contributed by atoms with Crippen LogP contribution < -0.4 is 5.32 Å². The number of aliphatic carboxylic acids is 1. The number of hydrogen-bond donors (Lipinski definition) is 3. The second-order valence-corrected chi connectivity index (χ2v) is 4.58. The van der Waals surface area contributed by atoms with E-state index in [9.17, 15) is 15.0 Å². The number of aromatic nitrogens is 1. The highest BCUT2D eigenvalue weighted by Gasteiger charge is 2.22. The number of phenols is 1. The van der Waals surface area contributed by atoms with Gasteiger partial charge in [0.25, 0.3) is 0 Å². The fourth-order valence-corrected chi connectivity index (χ4v) is 1.96. The van der Waals surface area contributed by atoms with Gasteiger partial charge in [-0.15, -0.1) is 0 Å². The third-order valence-electron chi connectivity index (χ3n) is 2.97. The van der Waals surface area contributed by atoms with Gasteiger partial charge in [-0.3, -0.25) is 15.1 Å². The van der Waals surface area contributed by atoms with E-state index in [1.165, 1.54) is 6.07 Å². The lowest BCUT2D eigenvalue weighted by atomic mass is 10.0. The molecule has 0 bridgehead atoms. The molecule has 0 aliphatic rings. The summed E-state index contributed by atoms with van der Waals surface area (Å²) in [6, 6.07) is 7.59. The van der Waals surface area contributed by atoms with Crippen molar-refractivity contribution in [3.63, 3.8) is 0 Å². The number of benzene rings is 1. The van der Waals surface area contributed by atoms with E-state index in [0.717, 1.165) is 11.1 Å². The van der Waals surface area contributed by atoms with Crippen LogP contribution in [-0.4, -0.2) is 21.2 Å². The van der Waals surface area contributed by atoms with Gasteiger partial charge in [-0.05, 0) is 24.6 Å². The summed E-state index contributed by atoms with van der Waals surface area (Å²) >= 11 is 0. The normalized spacial score (nSPS) is 12.1. The number of phenolic OH excluding ortho intramolecular Hbond substituents is 1. The lowest BCUT2D eigenvalue weighted by Gasteiger charge is -2.16. The van der Waals surface area contributed by atoms with Crippen molar-refractivity contribution in [2.24, 2.45) is 0 Å². The largest absolute Gasteiger partial charge is 0.508 e. The number of nitrogens with zero attached hydrogens (tertiary/aromatic N) is 1. The van der Waals surface area contributed by atoms with Crippen molar-refractivity contribution in [3.05, 3.63) is 59.4 Å². The van der Waals surface area contributed by atoms with Gasteiger partial charge in [-0.2, -0.15) is 0 Å². The van der Waals surface area contributed by atoms with Crippen LogP contribution in [0.3, 0.4) is 0 Å². The van der Waals surface area contributed by atoms with Gasteiger partial charge in [0.2, 0.25) is 0 Å². The minimum Gasteiger partial charge on any atom is -0.508 e. The van der Waals surface area contributed by atoms with Gasteiger partial charge in [0.15, 0.2) is 0 Å². The zero-order chi connectivity index (χ0) is 14.5. The summed E-state index contributed by atoms with van der Waals surface area (Å²) in [5, 5.41) is 22.1. The highest BCUT2D eigenvalue weighted by molar-refractivity contribution is 5.76. The van der Waals surface area contributed by atoms with Crippen LogP contribution in [0.1, 0.15) is 22.7 Å². The van der Waals surface area contributed by atoms with E-state index >= 15 is 0 Å². The van der Waals surface area contributed by atoms with Crippen molar-refractivity contribution < 1.29 is 15.0 Å². The molecule has 3 N–H and O–H groups in total. The van der Waals surface area contributed by atoms with Crippen LogP contribution in [0.5, 0.6) is 5.75 Å². The van der Waals surface area contributed by atoms with Gasteiger partial charge < -0.3 is 10.2 Å². The second kappa shape index (κ2) is 6.16. The molecule has 5 nitrogen and oxygen atoms in total. The molecule has 1 heterocycles. The number of aryl methyl sites for hydroxylation is 1. The average molecular weight is 272 g/mol. The molecule has 0 fully saturated rings. The Bertz CT molecular complexity index is 599. The van der Waals surface area contributed by atoms with Crippen molar-refractivity contribution in [3.8, 4) is 5.75 Å². The molecular weight excluding hydrogens is 256 g/mol. The highest BCUT2D eigenvalue weighted by Crippen LogP contribution is 2.25. The van der Waals surface area contributed by atoms with E-state index < -0.39 is 12.0 Å². The van der Waals surface area contributed by atoms with E-state index in [1.54, 1.807) is 30.6 Å². The first-order valence-electron chi connectivity index (χ1n) is 6.22. The Kier molecular flexibility index (Phi) is 4.32. The molecule has 2 rings (SSSR count). The fraction of sp³-hybridized carbons (Fsp3) is 0.200. The van der Waals surface area contributed by atoms with Crippen molar-refractivity contribution in [2.45, 2.75) is 19.5 Å².